The molecule has 0 bridgehead atoms. The number of nitrogens with one attached hydrogen (secondary N) is 2. The molecule has 194 valence electrons. The van der Waals surface area contributed by atoms with Gasteiger partial charge >= 0.3 is 0 Å². The molecule has 10 nitrogen and oxygen atoms in total. The Bertz CT molecular complexity index is 1060. The van der Waals surface area contributed by atoms with Crippen LogP contribution in [0.4, 0.5) is 5.82 Å². The maximum Gasteiger partial charge on any atom is 0.246 e. The molecule has 11 heteroatoms. The number of pyridine rings is 1. The summed E-state index contributed by atoms with van der Waals surface area (Å²) in [7, 11) is -3.78. The van der Waals surface area contributed by atoms with E-state index in [0.29, 0.717) is 37.7 Å². The maximum atomic E-state index is 13.8. The van der Waals surface area contributed by atoms with Gasteiger partial charge in [-0.2, -0.15) is 0 Å². The first-order valence-electron chi connectivity index (χ1n) is 12.7. The van der Waals surface area contributed by atoms with Gasteiger partial charge in [-0.3, -0.25) is 14.9 Å². The molecule has 1 saturated heterocycles. The van der Waals surface area contributed by atoms with E-state index in [1.807, 2.05) is 13.0 Å². The Morgan fingerprint density at radius 2 is 1.94 bits per heavy atom. The summed E-state index contributed by atoms with van der Waals surface area (Å²) >= 11 is 0. The summed E-state index contributed by atoms with van der Waals surface area (Å²) in [5, 5.41) is 11.2. The van der Waals surface area contributed by atoms with Crippen molar-refractivity contribution in [1.82, 2.24) is 20.5 Å². The zero-order valence-corrected chi connectivity index (χ0v) is 21.3. The van der Waals surface area contributed by atoms with Crippen molar-refractivity contribution in [3.05, 3.63) is 23.4 Å². The van der Waals surface area contributed by atoms with E-state index < -0.39 is 27.5 Å². The summed E-state index contributed by atoms with van der Waals surface area (Å²) in [6.07, 6.45) is 8.43. The third-order valence-corrected chi connectivity index (χ3v) is 8.50. The van der Waals surface area contributed by atoms with Crippen molar-refractivity contribution in [3.8, 4) is 0 Å². The van der Waals surface area contributed by atoms with E-state index in [1.54, 1.807) is 11.0 Å². The fourth-order valence-corrected chi connectivity index (χ4v) is 6.38. The van der Waals surface area contributed by atoms with E-state index in [9.17, 15) is 18.0 Å². The number of hydrogen-bond donors (Lipinski definition) is 4. The zero-order valence-electron chi connectivity index (χ0n) is 20.5. The van der Waals surface area contributed by atoms with Gasteiger partial charge in [-0.25, -0.2) is 18.5 Å². The van der Waals surface area contributed by atoms with Gasteiger partial charge in [0.25, 0.3) is 0 Å². The number of carbonyl (C=O) groups is 2. The minimum Gasteiger partial charge on any atom is -0.384 e. The summed E-state index contributed by atoms with van der Waals surface area (Å²) in [4.78, 5) is 33.3. The van der Waals surface area contributed by atoms with Crippen LogP contribution in [0, 0.1) is 18.8 Å². The van der Waals surface area contributed by atoms with Crippen LogP contribution >= 0.6 is 0 Å². The highest BCUT2D eigenvalue weighted by atomic mass is 32.2. The molecule has 6 N–H and O–H groups in total. The van der Waals surface area contributed by atoms with E-state index in [4.69, 9.17) is 10.9 Å². The third-order valence-electron chi connectivity index (χ3n) is 7.93. The Kier molecular flexibility index (Phi) is 7.68. The largest absolute Gasteiger partial charge is 0.384 e. The number of rotatable bonds is 9. The summed E-state index contributed by atoms with van der Waals surface area (Å²) in [5.41, 5.74) is 6.50. The van der Waals surface area contributed by atoms with Gasteiger partial charge in [0.05, 0.1) is 6.04 Å². The van der Waals surface area contributed by atoms with Gasteiger partial charge in [0.1, 0.15) is 17.2 Å². The van der Waals surface area contributed by atoms with Gasteiger partial charge in [-0.1, -0.05) is 38.2 Å². The Morgan fingerprint density at radius 1 is 1.20 bits per heavy atom. The summed E-state index contributed by atoms with van der Waals surface area (Å²) in [6, 6.07) is 2.88. The second-order valence-electron chi connectivity index (χ2n) is 10.4. The maximum absolute atomic E-state index is 13.8. The molecule has 2 saturated carbocycles. The predicted octanol–water partition coefficient (Wildman–Crippen LogP) is 1.14. The lowest BCUT2D eigenvalue weighted by molar-refractivity contribution is -0.146. The molecule has 3 aliphatic rings. The SMILES string of the molecule is Cc1nc(N)ccc1CNC(=O)[C@]12C[C@H]1CCCN2C(=O)[C@@H](CC1CCCCC1)NCS(N)(=O)=O. The molecule has 2 heterocycles. The lowest BCUT2D eigenvalue weighted by Gasteiger charge is -2.38. The average molecular weight is 507 g/mol. The molecule has 0 spiro atoms. The average Bonchev–Trinajstić information content (AvgIpc) is 3.57. The fraction of sp³-hybridized carbons (Fsp3) is 0.708. The molecule has 2 amide bonds. The second kappa shape index (κ2) is 10.4. The predicted molar refractivity (Wildman–Crippen MR) is 133 cm³/mol. The van der Waals surface area contributed by atoms with Crippen LogP contribution in [0.1, 0.15) is 69.0 Å². The zero-order chi connectivity index (χ0) is 25.2. The van der Waals surface area contributed by atoms with Gasteiger partial charge in [0.15, 0.2) is 0 Å². The number of nitrogens with zero attached hydrogens (tertiary/aromatic N) is 2. The van der Waals surface area contributed by atoms with Crippen molar-refractivity contribution < 1.29 is 18.0 Å². The van der Waals surface area contributed by atoms with E-state index in [-0.39, 0.29) is 17.7 Å². The number of fused-ring (bicyclic) bond motifs is 1. The van der Waals surface area contributed by atoms with Crippen molar-refractivity contribution in [3.63, 3.8) is 0 Å². The first kappa shape index (κ1) is 25.8. The number of nitrogens with two attached hydrogens (primary N) is 2. The number of carbonyl (C=O) groups excluding carboxylic acids is 2. The summed E-state index contributed by atoms with van der Waals surface area (Å²) in [6.45, 7) is 2.65. The molecular weight excluding hydrogens is 468 g/mol. The Morgan fingerprint density at radius 3 is 2.63 bits per heavy atom. The molecule has 0 unspecified atom stereocenters. The molecule has 1 aromatic rings. The molecule has 0 aromatic carbocycles. The molecule has 4 rings (SSSR count). The van der Waals surface area contributed by atoms with Crippen molar-refractivity contribution in [2.45, 2.75) is 82.8 Å². The van der Waals surface area contributed by atoms with Gasteiger partial charge in [-0.05, 0) is 56.1 Å². The lowest BCUT2D eigenvalue weighted by Crippen LogP contribution is -2.60. The summed E-state index contributed by atoms with van der Waals surface area (Å²) in [5.74, 6) is 0.0985. The van der Waals surface area contributed by atoms with E-state index in [1.165, 1.54) is 6.42 Å². The Labute approximate surface area is 207 Å². The van der Waals surface area contributed by atoms with Crippen molar-refractivity contribution in [2.75, 3.05) is 18.2 Å². The minimum atomic E-state index is -3.78. The Balaban J connectivity index is 1.49. The number of amides is 2. The number of likely N-dealkylation sites (tertiary alicyclic amines) is 1. The van der Waals surface area contributed by atoms with Crippen LogP contribution in [0.15, 0.2) is 12.1 Å². The highest BCUT2D eigenvalue weighted by Gasteiger charge is 2.66. The van der Waals surface area contributed by atoms with Crippen LogP contribution in [0.5, 0.6) is 0 Å². The lowest BCUT2D eigenvalue weighted by atomic mass is 9.84. The van der Waals surface area contributed by atoms with Gasteiger partial charge in [0, 0.05) is 18.8 Å². The first-order valence-corrected chi connectivity index (χ1v) is 14.4. The van der Waals surface area contributed by atoms with Crippen molar-refractivity contribution in [2.24, 2.45) is 17.0 Å². The number of hydrogen-bond acceptors (Lipinski definition) is 7. The number of piperidine rings is 1. The van der Waals surface area contributed by atoms with E-state index >= 15 is 0 Å². The number of anilines is 1. The van der Waals surface area contributed by atoms with Crippen LogP contribution < -0.4 is 21.5 Å². The van der Waals surface area contributed by atoms with Crippen LogP contribution in [0.2, 0.25) is 0 Å². The monoisotopic (exact) mass is 506 g/mol. The standard InChI is InChI=1S/C24H38N6O4S/c1-16-18(9-10-21(25)29-16)14-27-23(32)24-13-19(24)8-5-11-30(24)22(31)20(28-15-35(26,33)34)12-17-6-3-2-4-7-17/h9-10,17,19-20,28H,2-8,11-15H2,1H3,(H2,25,29)(H,27,32)(H2,26,33,34)/t19-,20-,24+/m1/s1. The van der Waals surface area contributed by atoms with Gasteiger partial charge in [-0.15, -0.1) is 0 Å². The van der Waals surface area contributed by atoms with Crippen molar-refractivity contribution >= 4 is 27.7 Å². The fourth-order valence-electron chi connectivity index (χ4n) is 5.95. The number of aromatic nitrogens is 1. The Hall–Kier alpha value is -2.24. The third kappa shape index (κ3) is 5.95. The second-order valence-corrected chi connectivity index (χ2v) is 12.0. The molecular formula is C24H38N6O4S. The first-order chi connectivity index (χ1) is 16.6. The highest BCUT2D eigenvalue weighted by molar-refractivity contribution is 7.89. The molecule has 3 atom stereocenters. The number of primary sulfonamides is 1. The van der Waals surface area contributed by atoms with E-state index in [2.05, 4.69) is 15.6 Å². The van der Waals surface area contributed by atoms with Gasteiger partial charge < -0.3 is 16.0 Å². The normalized spacial score (nSPS) is 25.5. The van der Waals surface area contributed by atoms with Crippen LogP contribution in [0.3, 0.4) is 0 Å². The topological polar surface area (TPSA) is 161 Å². The summed E-state index contributed by atoms with van der Waals surface area (Å²) < 4.78 is 23.3. The molecule has 35 heavy (non-hydrogen) atoms. The van der Waals surface area contributed by atoms with Crippen LogP contribution in [-0.2, 0) is 26.2 Å². The number of aryl methyl sites for hydroxylation is 1. The smallest absolute Gasteiger partial charge is 0.246 e. The molecule has 2 aliphatic carbocycles. The minimum absolute atomic E-state index is 0.124. The van der Waals surface area contributed by atoms with Crippen molar-refractivity contribution in [1.29, 1.82) is 0 Å². The molecule has 1 aromatic heterocycles. The molecule has 1 aliphatic heterocycles. The van der Waals surface area contributed by atoms with Gasteiger partial charge in [0.2, 0.25) is 21.8 Å². The molecule has 3 fully saturated rings. The van der Waals surface area contributed by atoms with Crippen LogP contribution in [-0.4, -0.2) is 54.1 Å². The number of sulfonamides is 1. The molecule has 0 radical (unpaired) electrons. The number of nitrogen functional groups attached to an aromatic ring is 1. The highest BCUT2D eigenvalue weighted by Crippen LogP contribution is 2.54. The quantitative estimate of drug-likeness (QED) is 0.390. The van der Waals surface area contributed by atoms with E-state index in [0.717, 1.165) is 49.8 Å². The van der Waals surface area contributed by atoms with Crippen LogP contribution in [0.25, 0.3) is 0 Å².